The van der Waals surface area contributed by atoms with Gasteiger partial charge in [0.15, 0.2) is 0 Å². The van der Waals surface area contributed by atoms with E-state index in [4.69, 9.17) is 0 Å². The minimum atomic E-state index is -0.574. The number of anilines is 1. The van der Waals surface area contributed by atoms with Crippen LogP contribution in [0.4, 0.5) is 14.5 Å². The molecule has 0 aliphatic heterocycles. The molecule has 1 aromatic heterocycles. The van der Waals surface area contributed by atoms with Crippen molar-refractivity contribution in [2.45, 2.75) is 6.54 Å². The molecule has 0 fully saturated rings. The normalized spacial score (nSPS) is 10.6. The van der Waals surface area contributed by atoms with Gasteiger partial charge >= 0.3 is 0 Å². The van der Waals surface area contributed by atoms with Gasteiger partial charge in [0.25, 0.3) is 0 Å². The summed E-state index contributed by atoms with van der Waals surface area (Å²) in [4.78, 5) is 1.02. The van der Waals surface area contributed by atoms with Crippen LogP contribution < -0.4 is 5.32 Å². The van der Waals surface area contributed by atoms with Crippen LogP contribution in [0.25, 0.3) is 11.1 Å². The van der Waals surface area contributed by atoms with Crippen molar-refractivity contribution < 1.29 is 8.78 Å². The number of hydrogen-bond donors (Lipinski definition) is 1. The fourth-order valence-electron chi connectivity index (χ4n) is 2.10. The molecular weight excluding hydrogens is 288 g/mol. The summed E-state index contributed by atoms with van der Waals surface area (Å²) >= 11 is 1.57. The van der Waals surface area contributed by atoms with Crippen LogP contribution in [0, 0.1) is 11.6 Å². The van der Waals surface area contributed by atoms with Crippen LogP contribution in [0.5, 0.6) is 0 Å². The Labute approximate surface area is 125 Å². The van der Waals surface area contributed by atoms with Crippen LogP contribution in [0.3, 0.4) is 0 Å². The predicted octanol–water partition coefficient (Wildman–Crippen LogP) is 5.31. The molecule has 1 N–H and O–H groups in total. The van der Waals surface area contributed by atoms with E-state index in [0.29, 0.717) is 6.54 Å². The molecule has 0 atom stereocenters. The largest absolute Gasteiger partial charge is 0.375 e. The van der Waals surface area contributed by atoms with Crippen molar-refractivity contribution >= 4 is 17.0 Å². The third-order valence-electron chi connectivity index (χ3n) is 3.16. The quantitative estimate of drug-likeness (QED) is 0.689. The van der Waals surface area contributed by atoms with E-state index in [2.05, 4.69) is 5.32 Å². The molecule has 4 heteroatoms. The van der Waals surface area contributed by atoms with Crippen LogP contribution >= 0.6 is 11.3 Å². The minimum Gasteiger partial charge on any atom is -0.375 e. The zero-order valence-corrected chi connectivity index (χ0v) is 12.0. The molecule has 0 unspecified atom stereocenters. The number of halogens is 2. The molecule has 3 rings (SSSR count). The van der Waals surface area contributed by atoms with Gasteiger partial charge in [0.2, 0.25) is 0 Å². The SMILES string of the molecule is Fc1cccc(F)c1NCc1cc(-c2ccccc2)cs1. The Morgan fingerprint density at radius 3 is 2.29 bits per heavy atom. The summed E-state index contributed by atoms with van der Waals surface area (Å²) in [5, 5.41) is 4.87. The van der Waals surface area contributed by atoms with Crippen LogP contribution in [0.1, 0.15) is 4.88 Å². The van der Waals surface area contributed by atoms with E-state index in [0.717, 1.165) is 16.0 Å². The monoisotopic (exact) mass is 301 g/mol. The summed E-state index contributed by atoms with van der Waals surface area (Å²) in [7, 11) is 0. The maximum atomic E-state index is 13.5. The zero-order valence-electron chi connectivity index (χ0n) is 11.1. The molecule has 2 aromatic carbocycles. The molecule has 0 bridgehead atoms. The van der Waals surface area contributed by atoms with Gasteiger partial charge in [-0.15, -0.1) is 11.3 Å². The Hall–Kier alpha value is -2.20. The summed E-state index contributed by atoms with van der Waals surface area (Å²) in [6, 6.07) is 15.9. The highest BCUT2D eigenvalue weighted by atomic mass is 32.1. The highest BCUT2D eigenvalue weighted by Crippen LogP contribution is 2.26. The third-order valence-corrected chi connectivity index (χ3v) is 4.10. The molecule has 106 valence electrons. The fraction of sp³-hybridized carbons (Fsp3) is 0.0588. The second-order valence-corrected chi connectivity index (χ2v) is 5.61. The number of nitrogens with one attached hydrogen (secondary N) is 1. The first kappa shape index (κ1) is 13.8. The molecule has 21 heavy (non-hydrogen) atoms. The molecule has 0 saturated heterocycles. The maximum Gasteiger partial charge on any atom is 0.149 e. The van der Waals surface area contributed by atoms with Gasteiger partial charge in [-0.3, -0.25) is 0 Å². The number of hydrogen-bond acceptors (Lipinski definition) is 2. The lowest BCUT2D eigenvalue weighted by Gasteiger charge is -2.07. The number of para-hydroxylation sites is 1. The average Bonchev–Trinajstić information content (AvgIpc) is 2.97. The van der Waals surface area contributed by atoms with Crippen LogP contribution in [-0.4, -0.2) is 0 Å². The second-order valence-electron chi connectivity index (χ2n) is 4.62. The van der Waals surface area contributed by atoms with Crippen molar-refractivity contribution in [1.82, 2.24) is 0 Å². The Morgan fingerprint density at radius 1 is 0.857 bits per heavy atom. The zero-order chi connectivity index (χ0) is 14.7. The van der Waals surface area contributed by atoms with E-state index in [1.165, 1.54) is 18.2 Å². The Kier molecular flexibility index (Phi) is 3.97. The van der Waals surface area contributed by atoms with Gasteiger partial charge in [0.05, 0.1) is 0 Å². The predicted molar refractivity (Wildman–Crippen MR) is 83.4 cm³/mol. The summed E-state index contributed by atoms with van der Waals surface area (Å²) in [5.41, 5.74) is 2.18. The van der Waals surface area contributed by atoms with Gasteiger partial charge in [-0.05, 0) is 34.7 Å². The molecule has 1 heterocycles. The standard InChI is InChI=1S/C17H13F2NS/c18-15-7-4-8-16(19)17(15)20-10-14-9-13(11-21-14)12-5-2-1-3-6-12/h1-9,11,20H,10H2. The first-order valence-corrected chi connectivity index (χ1v) is 7.43. The molecule has 0 aliphatic rings. The summed E-state index contributed by atoms with van der Waals surface area (Å²) in [5.74, 6) is -1.15. The fourth-order valence-corrected chi connectivity index (χ4v) is 2.93. The highest BCUT2D eigenvalue weighted by molar-refractivity contribution is 7.10. The smallest absolute Gasteiger partial charge is 0.149 e. The van der Waals surface area contributed by atoms with Crippen molar-refractivity contribution in [1.29, 1.82) is 0 Å². The number of rotatable bonds is 4. The lowest BCUT2D eigenvalue weighted by Crippen LogP contribution is -2.02. The summed E-state index contributed by atoms with van der Waals surface area (Å²) in [6.45, 7) is 0.398. The highest BCUT2D eigenvalue weighted by Gasteiger charge is 2.08. The lowest BCUT2D eigenvalue weighted by molar-refractivity contribution is 0.588. The minimum absolute atomic E-state index is 0.0767. The molecular formula is C17H13F2NS. The van der Waals surface area contributed by atoms with E-state index in [9.17, 15) is 8.78 Å². The first-order chi connectivity index (χ1) is 10.2. The number of thiophene rings is 1. The Morgan fingerprint density at radius 2 is 1.57 bits per heavy atom. The van der Waals surface area contributed by atoms with E-state index in [1.807, 2.05) is 41.8 Å². The molecule has 1 nitrogen and oxygen atoms in total. The third kappa shape index (κ3) is 3.11. The van der Waals surface area contributed by atoms with Crippen LogP contribution in [0.2, 0.25) is 0 Å². The first-order valence-electron chi connectivity index (χ1n) is 6.55. The Balaban J connectivity index is 1.74. The van der Waals surface area contributed by atoms with Gasteiger partial charge in [-0.1, -0.05) is 36.4 Å². The van der Waals surface area contributed by atoms with Gasteiger partial charge in [0.1, 0.15) is 17.3 Å². The molecule has 3 aromatic rings. The summed E-state index contributed by atoms with van der Waals surface area (Å²) < 4.78 is 27.0. The average molecular weight is 301 g/mol. The van der Waals surface area contributed by atoms with Gasteiger partial charge in [-0.2, -0.15) is 0 Å². The van der Waals surface area contributed by atoms with E-state index >= 15 is 0 Å². The van der Waals surface area contributed by atoms with Gasteiger partial charge in [-0.25, -0.2) is 8.78 Å². The second kappa shape index (κ2) is 6.06. The van der Waals surface area contributed by atoms with Gasteiger partial charge in [0, 0.05) is 11.4 Å². The Bertz CT molecular complexity index is 717. The van der Waals surface area contributed by atoms with Crippen molar-refractivity contribution in [2.24, 2.45) is 0 Å². The van der Waals surface area contributed by atoms with Crippen LogP contribution in [-0.2, 0) is 6.54 Å². The van der Waals surface area contributed by atoms with E-state index < -0.39 is 11.6 Å². The molecule has 0 radical (unpaired) electrons. The van der Waals surface area contributed by atoms with Crippen molar-refractivity contribution in [2.75, 3.05) is 5.32 Å². The molecule has 0 amide bonds. The van der Waals surface area contributed by atoms with Crippen LogP contribution in [0.15, 0.2) is 60.0 Å². The summed E-state index contributed by atoms with van der Waals surface area (Å²) in [6.07, 6.45) is 0. The van der Waals surface area contributed by atoms with Gasteiger partial charge < -0.3 is 5.32 Å². The van der Waals surface area contributed by atoms with E-state index in [-0.39, 0.29) is 5.69 Å². The van der Waals surface area contributed by atoms with E-state index in [1.54, 1.807) is 11.3 Å². The molecule has 0 aliphatic carbocycles. The topological polar surface area (TPSA) is 12.0 Å². The van der Waals surface area contributed by atoms with Crippen molar-refractivity contribution in [3.63, 3.8) is 0 Å². The van der Waals surface area contributed by atoms with Crippen molar-refractivity contribution in [3.8, 4) is 11.1 Å². The number of benzene rings is 2. The molecule has 0 saturated carbocycles. The van der Waals surface area contributed by atoms with Crippen molar-refractivity contribution in [3.05, 3.63) is 76.5 Å². The molecule has 0 spiro atoms. The lowest BCUT2D eigenvalue weighted by atomic mass is 10.1. The maximum absolute atomic E-state index is 13.5.